The lowest BCUT2D eigenvalue weighted by molar-refractivity contribution is 0.0521. The molecule has 0 aliphatic heterocycles. The summed E-state index contributed by atoms with van der Waals surface area (Å²) in [6.45, 7) is 10.2. The van der Waals surface area contributed by atoms with Gasteiger partial charge in [-0.3, -0.25) is 0 Å². The average Bonchev–Trinajstić information content (AvgIpc) is 2.76. The lowest BCUT2D eigenvalue weighted by atomic mass is 10.3. The van der Waals surface area contributed by atoms with Crippen molar-refractivity contribution in [3.8, 4) is 0 Å². The number of nitrogens with zero attached hydrogens (tertiary/aromatic N) is 3. The zero-order valence-corrected chi connectivity index (χ0v) is 13.8. The van der Waals surface area contributed by atoms with Gasteiger partial charge in [0.1, 0.15) is 11.6 Å². The molecule has 2 N–H and O–H groups in total. The molecule has 6 heteroatoms. The van der Waals surface area contributed by atoms with Crippen molar-refractivity contribution in [2.75, 3.05) is 25.9 Å². The molecule has 1 aromatic heterocycles. The zero-order chi connectivity index (χ0) is 16.0. The Bertz CT molecular complexity index is 468. The highest BCUT2D eigenvalue weighted by molar-refractivity contribution is 5.92. The Kier molecular flexibility index (Phi) is 6.68. The molecule has 0 unspecified atom stereocenters. The Morgan fingerprint density at radius 3 is 2.62 bits per heavy atom. The second kappa shape index (κ2) is 8.02. The highest BCUT2D eigenvalue weighted by Gasteiger charge is 2.20. The van der Waals surface area contributed by atoms with Gasteiger partial charge in [-0.2, -0.15) is 0 Å². The summed E-state index contributed by atoms with van der Waals surface area (Å²) < 4.78 is 6.92. The third-order valence-corrected chi connectivity index (χ3v) is 3.64. The Balaban J connectivity index is 2.79. The number of carbonyl (C=O) groups excluding carboxylic acids is 1. The molecule has 21 heavy (non-hydrogen) atoms. The molecular weight excluding hydrogens is 268 g/mol. The first-order chi connectivity index (χ1) is 9.92. The van der Waals surface area contributed by atoms with E-state index in [0.717, 1.165) is 31.8 Å². The predicted molar refractivity (Wildman–Crippen MR) is 84.4 cm³/mol. The second-order valence-electron chi connectivity index (χ2n) is 5.42. The van der Waals surface area contributed by atoms with E-state index in [1.54, 1.807) is 6.92 Å². The third kappa shape index (κ3) is 4.46. The fraction of sp³-hybridized carbons (Fsp3) is 0.733. The first-order valence-corrected chi connectivity index (χ1v) is 7.64. The minimum absolute atomic E-state index is 0.242. The molecule has 120 valence electrons. The van der Waals surface area contributed by atoms with Gasteiger partial charge in [0.15, 0.2) is 5.69 Å². The topological polar surface area (TPSA) is 73.4 Å². The van der Waals surface area contributed by atoms with Crippen LogP contribution >= 0.6 is 0 Å². The van der Waals surface area contributed by atoms with Gasteiger partial charge in [0, 0.05) is 19.0 Å². The summed E-state index contributed by atoms with van der Waals surface area (Å²) in [4.78, 5) is 18.4. The van der Waals surface area contributed by atoms with E-state index in [0.29, 0.717) is 18.5 Å². The minimum atomic E-state index is -0.442. The van der Waals surface area contributed by atoms with Crippen molar-refractivity contribution in [2.45, 2.75) is 53.1 Å². The number of rotatable bonds is 8. The first kappa shape index (κ1) is 17.5. The van der Waals surface area contributed by atoms with Gasteiger partial charge in [0.05, 0.1) is 6.61 Å². The normalized spacial score (nSPS) is 11.4. The summed E-state index contributed by atoms with van der Waals surface area (Å²) >= 11 is 0. The average molecular weight is 296 g/mol. The zero-order valence-electron chi connectivity index (χ0n) is 13.8. The van der Waals surface area contributed by atoms with Crippen molar-refractivity contribution in [3.63, 3.8) is 0 Å². The smallest absolute Gasteiger partial charge is 0.360 e. The van der Waals surface area contributed by atoms with E-state index in [1.807, 2.05) is 11.5 Å². The molecule has 1 heterocycles. The Hall–Kier alpha value is -1.56. The highest BCUT2D eigenvalue weighted by atomic mass is 16.5. The molecule has 0 aliphatic rings. The molecule has 0 radical (unpaired) electrons. The van der Waals surface area contributed by atoms with E-state index in [9.17, 15) is 4.79 Å². The van der Waals surface area contributed by atoms with Crippen LogP contribution in [0.3, 0.4) is 0 Å². The minimum Gasteiger partial charge on any atom is -0.461 e. The molecule has 0 amide bonds. The molecule has 0 aliphatic carbocycles. The van der Waals surface area contributed by atoms with Crippen LogP contribution in [0.25, 0.3) is 0 Å². The van der Waals surface area contributed by atoms with Gasteiger partial charge < -0.3 is 19.9 Å². The maximum atomic E-state index is 11.8. The number of nitrogen functional groups attached to an aromatic ring is 1. The molecule has 0 saturated heterocycles. The number of aryl methyl sites for hydroxylation is 1. The summed E-state index contributed by atoms with van der Waals surface area (Å²) in [6, 6.07) is 0.519. The van der Waals surface area contributed by atoms with Crippen molar-refractivity contribution in [3.05, 3.63) is 11.5 Å². The summed E-state index contributed by atoms with van der Waals surface area (Å²) in [7, 11) is 2.10. The Labute approximate surface area is 127 Å². The largest absolute Gasteiger partial charge is 0.461 e. The maximum Gasteiger partial charge on any atom is 0.360 e. The number of imidazole rings is 1. The van der Waals surface area contributed by atoms with Crippen LogP contribution < -0.4 is 5.73 Å². The quantitative estimate of drug-likeness (QED) is 0.742. The van der Waals surface area contributed by atoms with Crippen LogP contribution in [-0.4, -0.2) is 46.7 Å². The molecule has 0 saturated carbocycles. The van der Waals surface area contributed by atoms with Crippen LogP contribution in [0.5, 0.6) is 0 Å². The number of hydrogen-bond acceptors (Lipinski definition) is 5. The maximum absolute atomic E-state index is 11.8. The van der Waals surface area contributed by atoms with Gasteiger partial charge in [0.25, 0.3) is 0 Å². The summed E-state index contributed by atoms with van der Waals surface area (Å²) in [6.07, 6.45) is 1.70. The predicted octanol–water partition coefficient (Wildman–Crippen LogP) is 1.93. The fourth-order valence-corrected chi connectivity index (χ4v) is 2.12. The molecule has 0 spiro atoms. The van der Waals surface area contributed by atoms with E-state index in [-0.39, 0.29) is 5.69 Å². The molecule has 6 nitrogen and oxygen atoms in total. The van der Waals surface area contributed by atoms with E-state index in [4.69, 9.17) is 10.5 Å². The van der Waals surface area contributed by atoms with Crippen LogP contribution in [-0.2, 0) is 17.7 Å². The number of anilines is 1. The van der Waals surface area contributed by atoms with Crippen LogP contribution in [0, 0.1) is 0 Å². The van der Waals surface area contributed by atoms with Crippen molar-refractivity contribution in [1.82, 2.24) is 14.5 Å². The number of carbonyl (C=O) groups is 1. The SMILES string of the molecule is CCOC(=O)c1nc(CC)n(CCCN(C)C(C)C)c1N. The lowest BCUT2D eigenvalue weighted by Gasteiger charge is -2.21. The summed E-state index contributed by atoms with van der Waals surface area (Å²) in [5.41, 5.74) is 6.32. The number of ether oxygens (including phenoxy) is 1. The van der Waals surface area contributed by atoms with Gasteiger partial charge in [-0.1, -0.05) is 6.92 Å². The van der Waals surface area contributed by atoms with Crippen molar-refractivity contribution < 1.29 is 9.53 Å². The van der Waals surface area contributed by atoms with Gasteiger partial charge in [-0.15, -0.1) is 0 Å². The van der Waals surface area contributed by atoms with Crippen LogP contribution in [0.2, 0.25) is 0 Å². The molecule has 1 rings (SSSR count). The molecule has 0 fully saturated rings. The van der Waals surface area contributed by atoms with Gasteiger partial charge in [0.2, 0.25) is 0 Å². The van der Waals surface area contributed by atoms with Crippen molar-refractivity contribution in [1.29, 1.82) is 0 Å². The third-order valence-electron chi connectivity index (χ3n) is 3.64. The van der Waals surface area contributed by atoms with E-state index < -0.39 is 5.97 Å². The molecule has 1 aromatic rings. The number of nitrogens with two attached hydrogens (primary N) is 1. The summed E-state index contributed by atoms with van der Waals surface area (Å²) in [5.74, 6) is 0.808. The molecule has 0 atom stereocenters. The Morgan fingerprint density at radius 1 is 1.43 bits per heavy atom. The van der Waals surface area contributed by atoms with Crippen LogP contribution in [0.1, 0.15) is 50.4 Å². The first-order valence-electron chi connectivity index (χ1n) is 7.64. The van der Waals surface area contributed by atoms with E-state index in [2.05, 4.69) is 30.8 Å². The molecule has 0 bridgehead atoms. The highest BCUT2D eigenvalue weighted by Crippen LogP contribution is 2.17. The van der Waals surface area contributed by atoms with Gasteiger partial charge in [-0.05, 0) is 40.8 Å². The van der Waals surface area contributed by atoms with Gasteiger partial charge in [-0.25, -0.2) is 9.78 Å². The standard InChI is InChI=1S/C15H28N4O2/c1-6-12-17-13(15(20)21-7-2)14(16)19(12)10-8-9-18(5)11(3)4/h11H,6-10,16H2,1-5H3. The molecule has 0 aromatic carbocycles. The van der Waals surface area contributed by atoms with Crippen LogP contribution in [0.15, 0.2) is 0 Å². The number of esters is 1. The van der Waals surface area contributed by atoms with Crippen LogP contribution in [0.4, 0.5) is 5.82 Å². The monoisotopic (exact) mass is 296 g/mol. The van der Waals surface area contributed by atoms with E-state index in [1.165, 1.54) is 0 Å². The van der Waals surface area contributed by atoms with Crippen molar-refractivity contribution >= 4 is 11.8 Å². The molecular formula is C15H28N4O2. The number of aromatic nitrogens is 2. The fourth-order valence-electron chi connectivity index (χ4n) is 2.12. The number of hydrogen-bond donors (Lipinski definition) is 1. The summed E-state index contributed by atoms with van der Waals surface area (Å²) in [5, 5.41) is 0. The lowest BCUT2D eigenvalue weighted by Crippen LogP contribution is -2.28. The Morgan fingerprint density at radius 2 is 2.10 bits per heavy atom. The van der Waals surface area contributed by atoms with Gasteiger partial charge >= 0.3 is 5.97 Å². The van der Waals surface area contributed by atoms with E-state index >= 15 is 0 Å². The van der Waals surface area contributed by atoms with Crippen molar-refractivity contribution in [2.24, 2.45) is 0 Å². The second-order valence-corrected chi connectivity index (χ2v) is 5.42.